The molecule has 0 bridgehead atoms. The standard InChI is InChI=1S/C20H20ClN3O2S/c21-16-4-5-17-18(12-16)27-20(22-17)24-8-6-23(7-9-24)13-15-3-1-2-14(10-15)11-19(25)26/h1-5,10,12H,6-9,11,13H2,(H,25,26). The maximum absolute atomic E-state index is 10.9. The van der Waals surface area contributed by atoms with Crippen LogP contribution in [-0.2, 0) is 17.8 Å². The Hall–Kier alpha value is -2.15. The van der Waals surface area contributed by atoms with Gasteiger partial charge in [-0.1, -0.05) is 47.2 Å². The van der Waals surface area contributed by atoms with Crippen LogP contribution in [0.2, 0.25) is 5.02 Å². The third kappa shape index (κ3) is 4.40. The SMILES string of the molecule is O=C(O)Cc1cccc(CN2CCN(c3nc4ccc(Cl)cc4s3)CC2)c1. The zero-order chi connectivity index (χ0) is 18.8. The molecule has 2 heterocycles. The maximum Gasteiger partial charge on any atom is 0.307 e. The van der Waals surface area contributed by atoms with Crippen LogP contribution in [0.5, 0.6) is 0 Å². The highest BCUT2D eigenvalue weighted by Gasteiger charge is 2.20. The van der Waals surface area contributed by atoms with Crippen molar-refractivity contribution in [1.82, 2.24) is 9.88 Å². The number of anilines is 1. The topological polar surface area (TPSA) is 56.7 Å². The molecule has 1 saturated heterocycles. The molecule has 2 aromatic carbocycles. The van der Waals surface area contributed by atoms with Crippen LogP contribution >= 0.6 is 22.9 Å². The molecule has 4 rings (SSSR count). The van der Waals surface area contributed by atoms with Gasteiger partial charge in [0.25, 0.3) is 0 Å². The Kier molecular flexibility index (Phi) is 5.29. The minimum Gasteiger partial charge on any atom is -0.481 e. The van der Waals surface area contributed by atoms with Gasteiger partial charge in [-0.3, -0.25) is 9.69 Å². The molecule has 7 heteroatoms. The quantitative estimate of drug-likeness (QED) is 0.702. The fraction of sp³-hybridized carbons (Fsp3) is 0.300. The molecule has 1 fully saturated rings. The van der Waals surface area contributed by atoms with Crippen molar-refractivity contribution < 1.29 is 9.90 Å². The van der Waals surface area contributed by atoms with E-state index in [1.165, 1.54) is 0 Å². The molecule has 5 nitrogen and oxygen atoms in total. The first-order chi connectivity index (χ1) is 13.1. The summed E-state index contributed by atoms with van der Waals surface area (Å²) in [5.74, 6) is -0.794. The third-order valence-electron chi connectivity index (χ3n) is 4.73. The lowest BCUT2D eigenvalue weighted by atomic mass is 10.1. The Labute approximate surface area is 166 Å². The summed E-state index contributed by atoms with van der Waals surface area (Å²) in [6.45, 7) is 4.63. The predicted molar refractivity (Wildman–Crippen MR) is 110 cm³/mol. The minimum absolute atomic E-state index is 0.0727. The number of rotatable bonds is 5. The molecule has 140 valence electrons. The van der Waals surface area contributed by atoms with E-state index in [0.717, 1.165) is 64.2 Å². The summed E-state index contributed by atoms with van der Waals surface area (Å²) in [5.41, 5.74) is 3.01. The minimum atomic E-state index is -0.794. The van der Waals surface area contributed by atoms with Crippen LogP contribution in [0.15, 0.2) is 42.5 Å². The Balaban J connectivity index is 1.37. The maximum atomic E-state index is 10.9. The van der Waals surface area contributed by atoms with Crippen LogP contribution in [0.1, 0.15) is 11.1 Å². The molecule has 3 aromatic rings. The second kappa shape index (κ2) is 7.84. The molecule has 1 aromatic heterocycles. The number of aliphatic carboxylic acids is 1. The Morgan fingerprint density at radius 2 is 1.89 bits per heavy atom. The van der Waals surface area contributed by atoms with Crippen LogP contribution < -0.4 is 4.90 Å². The molecule has 0 amide bonds. The molecule has 0 atom stereocenters. The van der Waals surface area contributed by atoms with Gasteiger partial charge in [0.1, 0.15) is 0 Å². The number of hydrogen-bond donors (Lipinski definition) is 1. The first-order valence-electron chi connectivity index (χ1n) is 8.90. The fourth-order valence-corrected chi connectivity index (χ4v) is 4.68. The summed E-state index contributed by atoms with van der Waals surface area (Å²) in [6, 6.07) is 13.7. The highest BCUT2D eigenvalue weighted by molar-refractivity contribution is 7.22. The van der Waals surface area contributed by atoms with Crippen LogP contribution in [0.25, 0.3) is 10.2 Å². The average Bonchev–Trinajstić information content (AvgIpc) is 3.05. The van der Waals surface area contributed by atoms with Crippen LogP contribution in [0.3, 0.4) is 0 Å². The zero-order valence-corrected chi connectivity index (χ0v) is 16.3. The summed E-state index contributed by atoms with van der Waals surface area (Å²) in [7, 11) is 0. The summed E-state index contributed by atoms with van der Waals surface area (Å²) in [5, 5.41) is 10.8. The lowest BCUT2D eigenvalue weighted by Crippen LogP contribution is -2.45. The van der Waals surface area contributed by atoms with Crippen molar-refractivity contribution in [1.29, 1.82) is 0 Å². The van der Waals surface area contributed by atoms with Crippen molar-refractivity contribution in [2.75, 3.05) is 31.1 Å². The number of hydrogen-bond acceptors (Lipinski definition) is 5. The Morgan fingerprint density at radius 3 is 2.67 bits per heavy atom. The van der Waals surface area contributed by atoms with E-state index < -0.39 is 5.97 Å². The number of piperazine rings is 1. The van der Waals surface area contributed by atoms with Gasteiger partial charge in [-0.05, 0) is 29.3 Å². The number of carbonyl (C=O) groups is 1. The lowest BCUT2D eigenvalue weighted by Gasteiger charge is -2.34. The van der Waals surface area contributed by atoms with E-state index in [1.54, 1.807) is 11.3 Å². The number of benzene rings is 2. The van der Waals surface area contributed by atoms with E-state index in [2.05, 4.69) is 15.9 Å². The zero-order valence-electron chi connectivity index (χ0n) is 14.8. The molecular formula is C20H20ClN3O2S. The number of halogens is 1. The van der Waals surface area contributed by atoms with E-state index in [9.17, 15) is 4.79 Å². The first kappa shape index (κ1) is 18.2. The highest BCUT2D eigenvalue weighted by atomic mass is 35.5. The van der Waals surface area contributed by atoms with Gasteiger partial charge < -0.3 is 10.0 Å². The second-order valence-electron chi connectivity index (χ2n) is 6.76. The van der Waals surface area contributed by atoms with E-state index in [1.807, 2.05) is 36.4 Å². The van der Waals surface area contributed by atoms with Gasteiger partial charge in [0, 0.05) is 37.7 Å². The number of aromatic nitrogens is 1. The van der Waals surface area contributed by atoms with E-state index in [0.29, 0.717) is 0 Å². The molecular weight excluding hydrogens is 382 g/mol. The van der Waals surface area contributed by atoms with Gasteiger partial charge in [-0.15, -0.1) is 0 Å². The third-order valence-corrected chi connectivity index (χ3v) is 6.05. The normalized spacial score (nSPS) is 15.4. The number of carboxylic acids is 1. The first-order valence-corrected chi connectivity index (χ1v) is 10.1. The summed E-state index contributed by atoms with van der Waals surface area (Å²) >= 11 is 7.76. The fourth-order valence-electron chi connectivity index (χ4n) is 3.39. The van der Waals surface area contributed by atoms with Gasteiger partial charge in [-0.2, -0.15) is 0 Å². The number of nitrogens with zero attached hydrogens (tertiary/aromatic N) is 3. The van der Waals surface area contributed by atoms with Crippen molar-refractivity contribution in [3.8, 4) is 0 Å². The molecule has 1 N–H and O–H groups in total. The van der Waals surface area contributed by atoms with Gasteiger partial charge >= 0.3 is 5.97 Å². The van der Waals surface area contributed by atoms with E-state index in [-0.39, 0.29) is 6.42 Å². The van der Waals surface area contributed by atoms with Crippen molar-refractivity contribution in [2.24, 2.45) is 0 Å². The molecule has 1 aliphatic heterocycles. The molecule has 0 spiro atoms. The molecule has 0 unspecified atom stereocenters. The van der Waals surface area contributed by atoms with Gasteiger partial charge in [0.05, 0.1) is 16.6 Å². The lowest BCUT2D eigenvalue weighted by molar-refractivity contribution is -0.136. The number of fused-ring (bicyclic) bond motifs is 1. The van der Waals surface area contributed by atoms with Gasteiger partial charge in [0.2, 0.25) is 0 Å². The van der Waals surface area contributed by atoms with Crippen LogP contribution in [-0.4, -0.2) is 47.1 Å². The highest BCUT2D eigenvalue weighted by Crippen LogP contribution is 2.31. The van der Waals surface area contributed by atoms with Gasteiger partial charge in [-0.25, -0.2) is 4.98 Å². The smallest absolute Gasteiger partial charge is 0.307 e. The molecule has 1 aliphatic rings. The monoisotopic (exact) mass is 401 g/mol. The Bertz CT molecular complexity index is 967. The van der Waals surface area contributed by atoms with Crippen LogP contribution in [0, 0.1) is 0 Å². The Morgan fingerprint density at radius 1 is 1.11 bits per heavy atom. The predicted octanol–water partition coefficient (Wildman–Crippen LogP) is 3.90. The van der Waals surface area contributed by atoms with Crippen molar-refractivity contribution >= 4 is 44.3 Å². The van der Waals surface area contributed by atoms with E-state index in [4.69, 9.17) is 21.7 Å². The number of carboxylic acid groups (broad SMARTS) is 1. The number of thiazole rings is 1. The summed E-state index contributed by atoms with van der Waals surface area (Å²) in [6.07, 6.45) is 0.0727. The summed E-state index contributed by atoms with van der Waals surface area (Å²) in [4.78, 5) is 20.4. The molecule has 27 heavy (non-hydrogen) atoms. The molecule has 0 aliphatic carbocycles. The average molecular weight is 402 g/mol. The largest absolute Gasteiger partial charge is 0.481 e. The van der Waals surface area contributed by atoms with Gasteiger partial charge in [0.15, 0.2) is 5.13 Å². The van der Waals surface area contributed by atoms with Crippen LogP contribution in [0.4, 0.5) is 5.13 Å². The molecule has 0 radical (unpaired) electrons. The van der Waals surface area contributed by atoms with Crippen molar-refractivity contribution in [3.63, 3.8) is 0 Å². The molecule has 0 saturated carbocycles. The van der Waals surface area contributed by atoms with E-state index >= 15 is 0 Å². The summed E-state index contributed by atoms with van der Waals surface area (Å²) < 4.78 is 1.12. The van der Waals surface area contributed by atoms with Crippen molar-refractivity contribution in [3.05, 3.63) is 58.6 Å². The van der Waals surface area contributed by atoms with Crippen molar-refractivity contribution in [2.45, 2.75) is 13.0 Å². The second-order valence-corrected chi connectivity index (χ2v) is 8.21.